The first-order valence-electron chi connectivity index (χ1n) is 6.30. The van der Waals surface area contributed by atoms with Crippen LogP contribution in [0.2, 0.25) is 0 Å². The van der Waals surface area contributed by atoms with Gasteiger partial charge in [-0.15, -0.1) is 0 Å². The number of nitrogens with two attached hydrogens (primary N) is 1. The average Bonchev–Trinajstić information content (AvgIpc) is 2.99. The zero-order valence-electron chi connectivity index (χ0n) is 11.0. The molecule has 0 saturated carbocycles. The number of benzene rings is 2. The van der Waals surface area contributed by atoms with Gasteiger partial charge in [0.05, 0.1) is 5.69 Å². The maximum absolute atomic E-state index is 8.58. The number of nitrogens with zero attached hydrogens (tertiary/aromatic N) is 1. The molecule has 0 fully saturated rings. The molecule has 0 atom stereocenters. The van der Waals surface area contributed by atoms with Crippen LogP contribution >= 0.6 is 0 Å². The third-order valence-electron chi connectivity index (χ3n) is 2.85. The third kappa shape index (κ3) is 3.14. The van der Waals surface area contributed by atoms with Crippen molar-refractivity contribution in [3.63, 3.8) is 0 Å². The van der Waals surface area contributed by atoms with Crippen LogP contribution in [0.15, 0.2) is 79.0 Å². The van der Waals surface area contributed by atoms with E-state index in [1.165, 1.54) is 16.9 Å². The van der Waals surface area contributed by atoms with Crippen molar-refractivity contribution in [2.45, 2.75) is 0 Å². The molecule has 3 aromatic rings. The number of hydrogen-bond donors (Lipinski definition) is 1. The highest BCUT2D eigenvalue weighted by molar-refractivity contribution is 5.62. The second kappa shape index (κ2) is 6.95. The van der Waals surface area contributed by atoms with Crippen molar-refractivity contribution in [3.05, 3.63) is 79.0 Å². The predicted octanol–water partition coefficient (Wildman–Crippen LogP) is 3.25. The van der Waals surface area contributed by atoms with E-state index in [0.29, 0.717) is 0 Å². The summed E-state index contributed by atoms with van der Waals surface area (Å²) in [6.07, 6.45) is 2.34. The molecule has 2 aromatic carbocycles. The van der Waals surface area contributed by atoms with Gasteiger partial charge in [-0.05, 0) is 29.8 Å². The maximum atomic E-state index is 8.58. The Bertz CT molecular complexity index is 591. The first kappa shape index (κ1) is 13.6. The van der Waals surface area contributed by atoms with E-state index in [4.69, 9.17) is 4.79 Å². The summed E-state index contributed by atoms with van der Waals surface area (Å²) in [5.41, 5.74) is 7.81. The predicted molar refractivity (Wildman–Crippen MR) is 81.5 cm³/mol. The SMILES string of the molecule is NC=O.c1ccc(-c2cccn2-c2ccccc2)cc1. The van der Waals surface area contributed by atoms with E-state index in [1.54, 1.807) is 0 Å². The Hall–Kier alpha value is -2.81. The van der Waals surface area contributed by atoms with Gasteiger partial charge < -0.3 is 10.3 Å². The van der Waals surface area contributed by atoms with Crippen LogP contribution in [0.4, 0.5) is 0 Å². The van der Waals surface area contributed by atoms with Gasteiger partial charge in [-0.2, -0.15) is 0 Å². The topological polar surface area (TPSA) is 48.0 Å². The average molecular weight is 264 g/mol. The first-order chi connectivity index (χ1) is 9.86. The van der Waals surface area contributed by atoms with Gasteiger partial charge in [0.2, 0.25) is 6.41 Å². The number of hydrogen-bond acceptors (Lipinski definition) is 1. The van der Waals surface area contributed by atoms with Crippen molar-refractivity contribution in [1.29, 1.82) is 0 Å². The summed E-state index contributed by atoms with van der Waals surface area (Å²) in [6.45, 7) is 0. The molecular weight excluding hydrogens is 248 g/mol. The smallest absolute Gasteiger partial charge is 0.204 e. The largest absolute Gasteiger partial charge is 0.372 e. The molecule has 0 aliphatic carbocycles. The molecule has 0 saturated heterocycles. The highest BCUT2D eigenvalue weighted by Gasteiger charge is 2.04. The summed E-state index contributed by atoms with van der Waals surface area (Å²) in [6, 6.07) is 25.1. The summed E-state index contributed by atoms with van der Waals surface area (Å²) in [7, 11) is 0. The normalized spacial score (nSPS) is 9.40. The van der Waals surface area contributed by atoms with Crippen LogP contribution < -0.4 is 5.73 Å². The van der Waals surface area contributed by atoms with Crippen LogP contribution in [0.25, 0.3) is 16.9 Å². The third-order valence-corrected chi connectivity index (χ3v) is 2.85. The summed E-state index contributed by atoms with van der Waals surface area (Å²) >= 11 is 0. The number of carbonyl (C=O) groups is 1. The second-order valence-electron chi connectivity index (χ2n) is 4.10. The van der Waals surface area contributed by atoms with Gasteiger partial charge in [0.1, 0.15) is 0 Å². The molecule has 2 N–H and O–H groups in total. The second-order valence-corrected chi connectivity index (χ2v) is 4.10. The molecule has 3 heteroatoms. The Morgan fingerprint density at radius 2 is 1.35 bits per heavy atom. The molecule has 100 valence electrons. The Balaban J connectivity index is 0.000000452. The highest BCUT2D eigenvalue weighted by atomic mass is 16.1. The quantitative estimate of drug-likeness (QED) is 0.710. The molecule has 0 aliphatic rings. The molecule has 3 nitrogen and oxygen atoms in total. The number of rotatable bonds is 2. The molecule has 1 aromatic heterocycles. The van der Waals surface area contributed by atoms with Gasteiger partial charge in [-0.25, -0.2) is 0 Å². The fourth-order valence-electron chi connectivity index (χ4n) is 2.04. The lowest BCUT2D eigenvalue weighted by Gasteiger charge is -2.09. The Morgan fingerprint density at radius 1 is 0.800 bits per heavy atom. The molecule has 0 unspecified atom stereocenters. The number of carbonyl (C=O) groups excluding carboxylic acids is 1. The lowest BCUT2D eigenvalue weighted by Crippen LogP contribution is -1.93. The molecule has 0 spiro atoms. The number of aromatic nitrogens is 1. The molecule has 3 rings (SSSR count). The molecule has 0 bridgehead atoms. The van der Waals surface area contributed by atoms with Crippen molar-refractivity contribution >= 4 is 6.41 Å². The van der Waals surface area contributed by atoms with Gasteiger partial charge in [-0.1, -0.05) is 48.5 Å². The van der Waals surface area contributed by atoms with Crippen LogP contribution in [-0.4, -0.2) is 11.0 Å². The van der Waals surface area contributed by atoms with Gasteiger partial charge in [-0.3, -0.25) is 4.79 Å². The molecule has 20 heavy (non-hydrogen) atoms. The van der Waals surface area contributed by atoms with Crippen LogP contribution in [-0.2, 0) is 4.79 Å². The molecule has 1 heterocycles. The van der Waals surface area contributed by atoms with Crippen molar-refractivity contribution in [3.8, 4) is 16.9 Å². The van der Waals surface area contributed by atoms with E-state index < -0.39 is 0 Å². The zero-order valence-corrected chi connectivity index (χ0v) is 11.0. The van der Waals surface area contributed by atoms with Crippen molar-refractivity contribution in [2.24, 2.45) is 5.73 Å². The molecule has 0 radical (unpaired) electrons. The minimum absolute atomic E-state index is 0.250. The Kier molecular flexibility index (Phi) is 4.73. The van der Waals surface area contributed by atoms with E-state index in [9.17, 15) is 0 Å². The molecule has 1 amide bonds. The fraction of sp³-hybridized carbons (Fsp3) is 0. The van der Waals surface area contributed by atoms with E-state index in [0.717, 1.165) is 0 Å². The summed E-state index contributed by atoms with van der Waals surface area (Å²) in [5.74, 6) is 0. The summed E-state index contributed by atoms with van der Waals surface area (Å²) < 4.78 is 2.20. The number of amides is 1. The van der Waals surface area contributed by atoms with Crippen molar-refractivity contribution < 1.29 is 4.79 Å². The zero-order chi connectivity index (χ0) is 14.2. The maximum Gasteiger partial charge on any atom is 0.204 e. The number of primary amides is 1. The molecular formula is C17H16N2O. The summed E-state index contributed by atoms with van der Waals surface area (Å²) in [5, 5.41) is 0. The standard InChI is InChI=1S/C16H13N.CH3NO/c1-3-8-14(9-4-1)16-12-7-13-17(16)15-10-5-2-6-11-15;2-1-3/h1-13H;1H,(H2,2,3). The highest BCUT2D eigenvalue weighted by Crippen LogP contribution is 2.23. The van der Waals surface area contributed by atoms with Gasteiger partial charge in [0, 0.05) is 11.9 Å². The monoisotopic (exact) mass is 264 g/mol. The van der Waals surface area contributed by atoms with Crippen LogP contribution in [0.5, 0.6) is 0 Å². The van der Waals surface area contributed by atoms with E-state index in [-0.39, 0.29) is 6.41 Å². The Labute approximate surface area is 118 Å². The minimum atomic E-state index is 0.250. The summed E-state index contributed by atoms with van der Waals surface area (Å²) in [4.78, 5) is 8.58. The molecule has 0 aliphatic heterocycles. The van der Waals surface area contributed by atoms with Crippen LogP contribution in [0.1, 0.15) is 0 Å². The minimum Gasteiger partial charge on any atom is -0.372 e. The van der Waals surface area contributed by atoms with Crippen LogP contribution in [0, 0.1) is 0 Å². The first-order valence-corrected chi connectivity index (χ1v) is 6.30. The van der Waals surface area contributed by atoms with Crippen molar-refractivity contribution in [2.75, 3.05) is 0 Å². The lowest BCUT2D eigenvalue weighted by atomic mass is 10.1. The van der Waals surface area contributed by atoms with E-state index in [1.807, 2.05) is 12.1 Å². The number of para-hydroxylation sites is 1. The van der Waals surface area contributed by atoms with Gasteiger partial charge >= 0.3 is 0 Å². The van der Waals surface area contributed by atoms with Crippen molar-refractivity contribution in [1.82, 2.24) is 4.57 Å². The fourth-order valence-corrected chi connectivity index (χ4v) is 2.04. The lowest BCUT2D eigenvalue weighted by molar-refractivity contribution is -0.106. The van der Waals surface area contributed by atoms with E-state index in [2.05, 4.69) is 77.2 Å². The van der Waals surface area contributed by atoms with E-state index >= 15 is 0 Å². The van der Waals surface area contributed by atoms with Gasteiger partial charge in [0.25, 0.3) is 0 Å². The van der Waals surface area contributed by atoms with Crippen LogP contribution in [0.3, 0.4) is 0 Å². The Morgan fingerprint density at radius 3 is 1.95 bits per heavy atom. The van der Waals surface area contributed by atoms with Gasteiger partial charge in [0.15, 0.2) is 0 Å².